The second-order valence-corrected chi connectivity index (χ2v) is 9.27. The Balaban J connectivity index is 1.67. The number of nitrogens with two attached hydrogens (primary N) is 1. The Bertz CT molecular complexity index is 345. The fraction of sp³-hybridized carbons (Fsp3) is 1.00. The van der Waals surface area contributed by atoms with Gasteiger partial charge in [-0.05, 0) is 73.3 Å². The van der Waals surface area contributed by atoms with E-state index in [4.69, 9.17) is 5.73 Å². The zero-order valence-electron chi connectivity index (χ0n) is 16.2. The molecule has 0 unspecified atom stereocenters. The molecule has 0 saturated carbocycles. The highest BCUT2D eigenvalue weighted by Gasteiger charge is 2.30. The minimum Gasteiger partial charge on any atom is -0.328 e. The fourth-order valence-corrected chi connectivity index (χ4v) is 4.00. The van der Waals surface area contributed by atoms with Crippen LogP contribution in [0.25, 0.3) is 0 Å². The first-order valence-electron chi connectivity index (χ1n) is 9.67. The maximum atomic E-state index is 6.04. The highest BCUT2D eigenvalue weighted by atomic mass is 15.2. The summed E-state index contributed by atoms with van der Waals surface area (Å²) in [4.78, 5) is 5.26. The molecule has 4 nitrogen and oxygen atoms in total. The van der Waals surface area contributed by atoms with Crippen molar-refractivity contribution in [1.82, 2.24) is 15.1 Å². The van der Waals surface area contributed by atoms with E-state index in [0.29, 0.717) is 23.2 Å². The Morgan fingerprint density at radius 3 is 1.91 bits per heavy atom. The summed E-state index contributed by atoms with van der Waals surface area (Å²) in [5.41, 5.74) is 6.65. The van der Waals surface area contributed by atoms with Crippen molar-refractivity contribution in [3.8, 4) is 0 Å². The molecule has 2 aliphatic heterocycles. The molecule has 2 aliphatic rings. The summed E-state index contributed by atoms with van der Waals surface area (Å²) in [7, 11) is 0. The Morgan fingerprint density at radius 2 is 1.39 bits per heavy atom. The van der Waals surface area contributed by atoms with Gasteiger partial charge in [0.25, 0.3) is 0 Å². The molecule has 2 rings (SSSR count). The average molecular weight is 325 g/mol. The van der Waals surface area contributed by atoms with Crippen LogP contribution in [0.2, 0.25) is 0 Å². The summed E-state index contributed by atoms with van der Waals surface area (Å²) >= 11 is 0. The van der Waals surface area contributed by atoms with E-state index in [1.165, 1.54) is 32.4 Å². The van der Waals surface area contributed by atoms with Crippen molar-refractivity contribution in [2.45, 2.75) is 89.9 Å². The summed E-state index contributed by atoms with van der Waals surface area (Å²) in [6, 6.07) is 1.13. The summed E-state index contributed by atoms with van der Waals surface area (Å²) < 4.78 is 0. The van der Waals surface area contributed by atoms with Crippen LogP contribution in [-0.2, 0) is 0 Å². The maximum absolute atomic E-state index is 6.04. The van der Waals surface area contributed by atoms with Gasteiger partial charge in [-0.25, -0.2) is 0 Å². The molecule has 2 fully saturated rings. The molecule has 136 valence electrons. The SMILES string of the molecule is CC(C)(C)N1CCC(NCCC(C)(C)N2CCC(N)CC2)CC1. The highest BCUT2D eigenvalue weighted by molar-refractivity contribution is 4.88. The van der Waals surface area contributed by atoms with Crippen molar-refractivity contribution in [1.29, 1.82) is 0 Å². The standard InChI is InChI=1S/C19H40N4/c1-18(2,3)22-14-8-17(9-15-22)21-11-10-19(4,5)23-12-6-16(20)7-13-23/h16-17,21H,6-15,20H2,1-5H3. The number of nitrogens with zero attached hydrogens (tertiary/aromatic N) is 2. The summed E-state index contributed by atoms with van der Waals surface area (Å²) in [6.07, 6.45) is 6.11. The van der Waals surface area contributed by atoms with Crippen molar-refractivity contribution in [3.05, 3.63) is 0 Å². The van der Waals surface area contributed by atoms with Crippen LogP contribution >= 0.6 is 0 Å². The quantitative estimate of drug-likeness (QED) is 0.815. The van der Waals surface area contributed by atoms with Gasteiger partial charge in [-0.1, -0.05) is 0 Å². The lowest BCUT2D eigenvalue weighted by Crippen LogP contribution is -2.53. The predicted octanol–water partition coefficient (Wildman–Crippen LogP) is 2.43. The average Bonchev–Trinajstić information content (AvgIpc) is 2.47. The Kier molecular flexibility index (Phi) is 6.51. The molecule has 0 aromatic carbocycles. The van der Waals surface area contributed by atoms with Crippen LogP contribution in [0, 0.1) is 0 Å². The molecule has 0 atom stereocenters. The Hall–Kier alpha value is -0.160. The van der Waals surface area contributed by atoms with Gasteiger partial charge in [-0.15, -0.1) is 0 Å². The van der Waals surface area contributed by atoms with Gasteiger partial charge in [-0.3, -0.25) is 9.80 Å². The molecule has 23 heavy (non-hydrogen) atoms. The van der Waals surface area contributed by atoms with Crippen LogP contribution in [0.1, 0.15) is 66.7 Å². The number of hydrogen-bond donors (Lipinski definition) is 2. The van der Waals surface area contributed by atoms with Gasteiger partial charge in [-0.2, -0.15) is 0 Å². The molecule has 0 bridgehead atoms. The van der Waals surface area contributed by atoms with E-state index in [2.05, 4.69) is 49.7 Å². The van der Waals surface area contributed by atoms with Crippen LogP contribution in [0.4, 0.5) is 0 Å². The minimum atomic E-state index is 0.291. The lowest BCUT2D eigenvalue weighted by molar-refractivity contribution is 0.0761. The van der Waals surface area contributed by atoms with Gasteiger partial charge >= 0.3 is 0 Å². The predicted molar refractivity (Wildman–Crippen MR) is 99.8 cm³/mol. The van der Waals surface area contributed by atoms with E-state index in [0.717, 1.165) is 32.5 Å². The summed E-state index contributed by atoms with van der Waals surface area (Å²) in [5, 5.41) is 3.82. The number of piperidine rings is 2. The summed E-state index contributed by atoms with van der Waals surface area (Å²) in [5.74, 6) is 0. The zero-order valence-corrected chi connectivity index (χ0v) is 16.2. The highest BCUT2D eigenvalue weighted by Crippen LogP contribution is 2.24. The first kappa shape index (κ1) is 19.2. The van der Waals surface area contributed by atoms with Gasteiger partial charge in [0, 0.05) is 49.3 Å². The van der Waals surface area contributed by atoms with Crippen molar-refractivity contribution in [2.24, 2.45) is 5.73 Å². The van der Waals surface area contributed by atoms with Crippen LogP contribution < -0.4 is 11.1 Å². The minimum absolute atomic E-state index is 0.291. The smallest absolute Gasteiger partial charge is 0.0165 e. The third-order valence-electron chi connectivity index (χ3n) is 6.01. The van der Waals surface area contributed by atoms with Crippen LogP contribution in [0.15, 0.2) is 0 Å². The fourth-order valence-electron chi connectivity index (χ4n) is 4.00. The van der Waals surface area contributed by atoms with Crippen molar-refractivity contribution >= 4 is 0 Å². The first-order valence-corrected chi connectivity index (χ1v) is 9.67. The molecule has 4 heteroatoms. The molecule has 0 aromatic heterocycles. The topological polar surface area (TPSA) is 44.5 Å². The van der Waals surface area contributed by atoms with Gasteiger partial charge in [0.2, 0.25) is 0 Å². The largest absolute Gasteiger partial charge is 0.328 e. The number of likely N-dealkylation sites (tertiary alicyclic amines) is 2. The van der Waals surface area contributed by atoms with Crippen molar-refractivity contribution in [3.63, 3.8) is 0 Å². The number of nitrogens with one attached hydrogen (secondary N) is 1. The first-order chi connectivity index (χ1) is 10.7. The van der Waals surface area contributed by atoms with Gasteiger partial charge in [0.05, 0.1) is 0 Å². The van der Waals surface area contributed by atoms with Gasteiger partial charge in [0.15, 0.2) is 0 Å². The van der Waals surface area contributed by atoms with Crippen molar-refractivity contribution < 1.29 is 0 Å². The molecule has 3 N–H and O–H groups in total. The molecule has 2 heterocycles. The van der Waals surface area contributed by atoms with Crippen LogP contribution in [0.5, 0.6) is 0 Å². The molecular formula is C19H40N4. The van der Waals surface area contributed by atoms with E-state index in [1.54, 1.807) is 0 Å². The van der Waals surface area contributed by atoms with Crippen molar-refractivity contribution in [2.75, 3.05) is 32.7 Å². The lowest BCUT2D eigenvalue weighted by Gasteiger charge is -2.43. The third-order valence-corrected chi connectivity index (χ3v) is 6.01. The zero-order chi connectivity index (χ0) is 17.1. The maximum Gasteiger partial charge on any atom is 0.0165 e. The second kappa shape index (κ2) is 7.81. The normalized spacial score (nSPS) is 24.3. The van der Waals surface area contributed by atoms with Gasteiger partial charge < -0.3 is 11.1 Å². The van der Waals surface area contributed by atoms with E-state index >= 15 is 0 Å². The molecule has 2 saturated heterocycles. The van der Waals surface area contributed by atoms with E-state index in [9.17, 15) is 0 Å². The Morgan fingerprint density at radius 1 is 0.870 bits per heavy atom. The second-order valence-electron chi connectivity index (χ2n) is 9.27. The van der Waals surface area contributed by atoms with Crippen LogP contribution in [0.3, 0.4) is 0 Å². The third kappa shape index (κ3) is 5.70. The molecule has 0 aromatic rings. The molecular weight excluding hydrogens is 284 g/mol. The monoisotopic (exact) mass is 324 g/mol. The molecule has 0 radical (unpaired) electrons. The van der Waals surface area contributed by atoms with E-state index in [-0.39, 0.29) is 0 Å². The molecule has 0 amide bonds. The van der Waals surface area contributed by atoms with E-state index < -0.39 is 0 Å². The van der Waals surface area contributed by atoms with Gasteiger partial charge in [0.1, 0.15) is 0 Å². The van der Waals surface area contributed by atoms with Crippen LogP contribution in [-0.4, -0.2) is 65.7 Å². The molecule has 0 aliphatic carbocycles. The molecule has 0 spiro atoms. The van der Waals surface area contributed by atoms with E-state index in [1.807, 2.05) is 0 Å². The number of hydrogen-bond acceptors (Lipinski definition) is 4. The lowest BCUT2D eigenvalue weighted by atomic mass is 9.93. The Labute approximate surface area is 144 Å². The summed E-state index contributed by atoms with van der Waals surface area (Å²) in [6.45, 7) is 17.7. The number of rotatable bonds is 5.